The lowest BCUT2D eigenvalue weighted by Gasteiger charge is -2.11. The number of carbonyl (C=O) groups is 3. The molecule has 2 rings (SSSR count). The molecule has 0 aliphatic rings. The van der Waals surface area contributed by atoms with Crippen LogP contribution in [0.15, 0.2) is 42.5 Å². The number of rotatable bonds is 9. The Morgan fingerprint density at radius 3 is 2.35 bits per heavy atom. The van der Waals surface area contributed by atoms with Crippen LogP contribution in [0, 0.1) is 19.8 Å². The van der Waals surface area contributed by atoms with E-state index in [1.165, 1.54) is 0 Å². The van der Waals surface area contributed by atoms with Crippen molar-refractivity contribution in [3.05, 3.63) is 59.2 Å². The van der Waals surface area contributed by atoms with E-state index in [9.17, 15) is 14.4 Å². The Balaban J connectivity index is 1.74. The Hall–Kier alpha value is -3.35. The van der Waals surface area contributed by atoms with Crippen molar-refractivity contribution in [2.24, 2.45) is 5.92 Å². The van der Waals surface area contributed by atoms with Gasteiger partial charge >= 0.3 is 0 Å². The van der Waals surface area contributed by atoms with Crippen molar-refractivity contribution in [3.63, 3.8) is 0 Å². The lowest BCUT2D eigenvalue weighted by molar-refractivity contribution is -0.124. The summed E-state index contributed by atoms with van der Waals surface area (Å²) in [5.74, 6) is -0.0430. The normalized spacial score (nSPS) is 10.5. The molecule has 166 valence electrons. The van der Waals surface area contributed by atoms with Crippen molar-refractivity contribution in [3.8, 4) is 5.75 Å². The first-order valence-corrected chi connectivity index (χ1v) is 10.4. The molecule has 0 aliphatic heterocycles. The highest BCUT2D eigenvalue weighted by Gasteiger charge is 2.11. The van der Waals surface area contributed by atoms with Crippen LogP contribution in [0.4, 0.5) is 5.69 Å². The van der Waals surface area contributed by atoms with Crippen molar-refractivity contribution in [2.45, 2.75) is 47.0 Å². The minimum Gasteiger partial charge on any atom is -0.494 e. The third-order valence-corrected chi connectivity index (χ3v) is 4.75. The second-order valence-corrected chi connectivity index (χ2v) is 7.91. The van der Waals surface area contributed by atoms with Gasteiger partial charge in [-0.15, -0.1) is 0 Å². The lowest BCUT2D eigenvalue weighted by atomic mass is 10.1. The van der Waals surface area contributed by atoms with Gasteiger partial charge in [0.25, 0.3) is 5.91 Å². The SMILES string of the molecule is Cc1ccc(NC(=O)CCC(=O)NNC(=O)c2cccc(OCCC(C)C)c2)cc1C. The van der Waals surface area contributed by atoms with Gasteiger partial charge in [0.2, 0.25) is 11.8 Å². The lowest BCUT2D eigenvalue weighted by Crippen LogP contribution is -2.41. The quantitative estimate of drug-likeness (QED) is 0.531. The molecule has 0 bridgehead atoms. The summed E-state index contributed by atoms with van der Waals surface area (Å²) in [5.41, 5.74) is 7.97. The second-order valence-electron chi connectivity index (χ2n) is 7.91. The Morgan fingerprint density at radius 2 is 1.65 bits per heavy atom. The van der Waals surface area contributed by atoms with Crippen molar-refractivity contribution in [1.29, 1.82) is 0 Å². The highest BCUT2D eigenvalue weighted by Crippen LogP contribution is 2.15. The van der Waals surface area contributed by atoms with E-state index in [1.807, 2.05) is 32.0 Å². The maximum absolute atomic E-state index is 12.3. The van der Waals surface area contributed by atoms with E-state index in [4.69, 9.17) is 4.74 Å². The Labute approximate surface area is 183 Å². The van der Waals surface area contributed by atoms with Crippen molar-refractivity contribution >= 4 is 23.4 Å². The molecule has 2 aromatic rings. The van der Waals surface area contributed by atoms with Gasteiger partial charge in [-0.05, 0) is 67.6 Å². The van der Waals surface area contributed by atoms with Crippen LogP contribution in [-0.4, -0.2) is 24.3 Å². The molecule has 0 unspecified atom stereocenters. The number of carbonyl (C=O) groups excluding carboxylic acids is 3. The molecule has 7 heteroatoms. The molecule has 0 heterocycles. The molecule has 2 aromatic carbocycles. The average Bonchev–Trinajstić information content (AvgIpc) is 2.73. The molecule has 3 amide bonds. The molecule has 0 aromatic heterocycles. The molecular weight excluding hydrogens is 394 g/mol. The minimum absolute atomic E-state index is 0.00774. The van der Waals surface area contributed by atoms with Gasteiger partial charge in [-0.3, -0.25) is 25.2 Å². The van der Waals surface area contributed by atoms with Crippen LogP contribution >= 0.6 is 0 Å². The highest BCUT2D eigenvalue weighted by molar-refractivity contribution is 5.96. The summed E-state index contributed by atoms with van der Waals surface area (Å²) in [7, 11) is 0. The highest BCUT2D eigenvalue weighted by atomic mass is 16.5. The summed E-state index contributed by atoms with van der Waals surface area (Å²) >= 11 is 0. The third-order valence-electron chi connectivity index (χ3n) is 4.75. The Kier molecular flexibility index (Phi) is 9.06. The van der Waals surface area contributed by atoms with E-state index < -0.39 is 11.8 Å². The summed E-state index contributed by atoms with van der Waals surface area (Å²) in [6.45, 7) is 8.76. The monoisotopic (exact) mass is 425 g/mol. The second kappa shape index (κ2) is 11.7. The summed E-state index contributed by atoms with van der Waals surface area (Å²) in [6, 6.07) is 12.4. The van der Waals surface area contributed by atoms with Gasteiger partial charge in [0.15, 0.2) is 0 Å². The molecule has 0 saturated carbocycles. The first-order chi connectivity index (χ1) is 14.7. The van der Waals surface area contributed by atoms with Gasteiger partial charge in [0, 0.05) is 24.1 Å². The minimum atomic E-state index is -0.456. The molecule has 7 nitrogen and oxygen atoms in total. The van der Waals surface area contributed by atoms with Crippen molar-refractivity contribution in [2.75, 3.05) is 11.9 Å². The van der Waals surface area contributed by atoms with Gasteiger partial charge in [-0.25, -0.2) is 0 Å². The van der Waals surface area contributed by atoms with Gasteiger partial charge in [0.05, 0.1) is 6.61 Å². The van der Waals surface area contributed by atoms with Crippen LogP contribution < -0.4 is 20.9 Å². The maximum Gasteiger partial charge on any atom is 0.269 e. The zero-order valence-corrected chi connectivity index (χ0v) is 18.6. The van der Waals surface area contributed by atoms with Gasteiger partial charge in [-0.2, -0.15) is 0 Å². The van der Waals surface area contributed by atoms with Crippen molar-refractivity contribution < 1.29 is 19.1 Å². The van der Waals surface area contributed by atoms with Crippen LogP contribution in [0.5, 0.6) is 5.75 Å². The van der Waals surface area contributed by atoms with E-state index in [0.29, 0.717) is 29.5 Å². The third kappa shape index (κ3) is 8.50. The smallest absolute Gasteiger partial charge is 0.269 e. The van der Waals surface area contributed by atoms with Crippen molar-refractivity contribution in [1.82, 2.24) is 10.9 Å². The molecule has 0 atom stereocenters. The van der Waals surface area contributed by atoms with Gasteiger partial charge < -0.3 is 10.1 Å². The number of hydrogen-bond donors (Lipinski definition) is 3. The molecule has 0 aliphatic carbocycles. The molecule has 0 spiro atoms. The van der Waals surface area contributed by atoms with Crippen LogP contribution in [0.25, 0.3) is 0 Å². The maximum atomic E-state index is 12.3. The largest absolute Gasteiger partial charge is 0.494 e. The zero-order valence-electron chi connectivity index (χ0n) is 18.6. The summed E-state index contributed by atoms with van der Waals surface area (Å²) < 4.78 is 5.65. The fourth-order valence-corrected chi connectivity index (χ4v) is 2.67. The molecule has 0 saturated heterocycles. The number of amides is 3. The summed E-state index contributed by atoms with van der Waals surface area (Å²) in [5, 5.41) is 2.77. The zero-order chi connectivity index (χ0) is 22.8. The summed E-state index contributed by atoms with van der Waals surface area (Å²) in [6.07, 6.45) is 0.882. The first kappa shape index (κ1) is 23.9. The van der Waals surface area contributed by atoms with Crippen LogP contribution in [-0.2, 0) is 9.59 Å². The molecular formula is C24H31N3O4. The Morgan fingerprint density at radius 1 is 0.903 bits per heavy atom. The Bertz CT molecular complexity index is 925. The standard InChI is InChI=1S/C24H31N3O4/c1-16(2)12-13-31-21-7-5-6-19(15-21)24(30)27-26-23(29)11-10-22(28)25-20-9-8-17(3)18(4)14-20/h5-9,14-16H,10-13H2,1-4H3,(H,25,28)(H,26,29)(H,27,30). The van der Waals surface area contributed by atoms with Gasteiger partial charge in [-0.1, -0.05) is 26.0 Å². The van der Waals surface area contributed by atoms with E-state index in [1.54, 1.807) is 24.3 Å². The number of hydrazine groups is 1. The number of ether oxygens (including phenoxy) is 1. The van der Waals surface area contributed by atoms with Crippen LogP contribution in [0.3, 0.4) is 0 Å². The van der Waals surface area contributed by atoms with E-state index in [0.717, 1.165) is 17.5 Å². The number of nitrogens with one attached hydrogen (secondary N) is 3. The van der Waals surface area contributed by atoms with Crippen LogP contribution in [0.2, 0.25) is 0 Å². The fraction of sp³-hybridized carbons (Fsp3) is 0.375. The van der Waals surface area contributed by atoms with E-state index in [-0.39, 0.29) is 18.7 Å². The molecule has 0 radical (unpaired) electrons. The average molecular weight is 426 g/mol. The van der Waals surface area contributed by atoms with E-state index >= 15 is 0 Å². The van der Waals surface area contributed by atoms with Gasteiger partial charge in [0.1, 0.15) is 5.75 Å². The molecule has 3 N–H and O–H groups in total. The van der Waals surface area contributed by atoms with Crippen LogP contribution in [0.1, 0.15) is 54.6 Å². The number of hydrogen-bond acceptors (Lipinski definition) is 4. The van der Waals surface area contributed by atoms with E-state index in [2.05, 4.69) is 30.0 Å². The molecule has 0 fully saturated rings. The first-order valence-electron chi connectivity index (χ1n) is 10.4. The number of benzene rings is 2. The fourth-order valence-electron chi connectivity index (χ4n) is 2.67. The predicted octanol–water partition coefficient (Wildman–Crippen LogP) is 3.91. The number of aryl methyl sites for hydroxylation is 2. The number of anilines is 1. The predicted molar refractivity (Wildman–Crippen MR) is 121 cm³/mol. The molecule has 31 heavy (non-hydrogen) atoms. The summed E-state index contributed by atoms with van der Waals surface area (Å²) in [4.78, 5) is 36.3. The topological polar surface area (TPSA) is 96.5 Å².